The monoisotopic (exact) mass is 712 g/mol. The summed E-state index contributed by atoms with van der Waals surface area (Å²) in [7, 11) is 0. The van der Waals surface area contributed by atoms with Crippen LogP contribution in [0.15, 0.2) is 73.1 Å². The molecule has 0 bridgehead atoms. The van der Waals surface area contributed by atoms with Crippen molar-refractivity contribution in [3.8, 4) is 28.3 Å². The average molecular weight is 713 g/mol. The first-order chi connectivity index (χ1) is 24.2. The lowest BCUT2D eigenvalue weighted by atomic mass is 9.86. The van der Waals surface area contributed by atoms with Gasteiger partial charge in [-0.15, -0.1) is 11.3 Å². The van der Waals surface area contributed by atoms with Crippen molar-refractivity contribution in [3.05, 3.63) is 88.4 Å². The Morgan fingerprint density at radius 3 is 1.98 bits per heavy atom. The fourth-order valence-electron chi connectivity index (χ4n) is 5.48. The molecule has 0 aliphatic rings. The van der Waals surface area contributed by atoms with Gasteiger partial charge >= 0.3 is 5.97 Å². The first-order valence-corrected chi connectivity index (χ1v) is 18.6. The van der Waals surface area contributed by atoms with Crippen LogP contribution in [0.4, 0.5) is 0 Å². The maximum absolute atomic E-state index is 13.6. The number of carboxylic acids is 1. The number of ether oxygens (including phenoxy) is 1. The number of unbranched alkanes of at least 4 members (excludes halogenated alkanes) is 4. The van der Waals surface area contributed by atoms with Gasteiger partial charge in [0.15, 0.2) is 5.82 Å². The molecule has 0 aliphatic carbocycles. The molecule has 0 spiro atoms. The molecular formula is C41H52N4O5S. The van der Waals surface area contributed by atoms with Crippen molar-refractivity contribution < 1.29 is 24.2 Å². The van der Waals surface area contributed by atoms with Crippen molar-refractivity contribution in [1.82, 2.24) is 20.6 Å². The quantitative estimate of drug-likeness (QED) is 0.0994. The maximum Gasteiger partial charge on any atom is 0.326 e. The summed E-state index contributed by atoms with van der Waals surface area (Å²) in [5, 5.41) is 15.4. The van der Waals surface area contributed by atoms with E-state index in [-0.39, 0.29) is 17.7 Å². The number of rotatable bonds is 16. The van der Waals surface area contributed by atoms with Crippen LogP contribution in [-0.2, 0) is 21.4 Å². The van der Waals surface area contributed by atoms with Gasteiger partial charge in [-0.05, 0) is 52.6 Å². The number of thiophene rings is 1. The van der Waals surface area contributed by atoms with Gasteiger partial charge in [0.25, 0.3) is 5.91 Å². The van der Waals surface area contributed by atoms with E-state index in [1.54, 1.807) is 39.2 Å². The van der Waals surface area contributed by atoms with E-state index in [0.29, 0.717) is 10.7 Å². The second-order valence-electron chi connectivity index (χ2n) is 15.1. The Balaban J connectivity index is 1.44. The lowest BCUT2D eigenvalue weighted by molar-refractivity contribution is -0.145. The summed E-state index contributed by atoms with van der Waals surface area (Å²) in [4.78, 5) is 49.7. The van der Waals surface area contributed by atoms with E-state index in [1.165, 1.54) is 37.0 Å². The third kappa shape index (κ3) is 11.5. The second-order valence-corrected chi connectivity index (χ2v) is 16.2. The molecule has 3 N–H and O–H groups in total. The summed E-state index contributed by atoms with van der Waals surface area (Å²) in [6.07, 6.45) is 9.74. The van der Waals surface area contributed by atoms with E-state index in [9.17, 15) is 19.5 Å². The van der Waals surface area contributed by atoms with Gasteiger partial charge in [0, 0.05) is 34.8 Å². The Hall–Kier alpha value is -4.57. The van der Waals surface area contributed by atoms with E-state index in [1.807, 2.05) is 54.6 Å². The molecule has 0 saturated carbocycles. The Morgan fingerprint density at radius 1 is 0.784 bits per heavy atom. The van der Waals surface area contributed by atoms with Gasteiger partial charge in [-0.25, -0.2) is 14.8 Å². The molecule has 0 aliphatic heterocycles. The normalized spacial score (nSPS) is 12.9. The molecule has 2 amide bonds. The van der Waals surface area contributed by atoms with Crippen molar-refractivity contribution in [2.75, 3.05) is 6.61 Å². The molecule has 2 aromatic heterocycles. The van der Waals surface area contributed by atoms with E-state index >= 15 is 0 Å². The minimum atomic E-state index is -1.14. The summed E-state index contributed by atoms with van der Waals surface area (Å²) < 4.78 is 5.89. The number of hydrogen-bond acceptors (Lipinski definition) is 7. The molecule has 2 heterocycles. The van der Waals surface area contributed by atoms with Gasteiger partial charge in [0.1, 0.15) is 17.8 Å². The average Bonchev–Trinajstić information content (AvgIpc) is 3.60. The number of carbonyl (C=O) groups is 3. The summed E-state index contributed by atoms with van der Waals surface area (Å²) in [5.74, 6) is -0.688. The molecule has 0 fully saturated rings. The van der Waals surface area contributed by atoms with E-state index in [2.05, 4.69) is 48.3 Å². The highest BCUT2D eigenvalue weighted by molar-refractivity contribution is 7.14. The van der Waals surface area contributed by atoms with Crippen LogP contribution in [0, 0.1) is 5.41 Å². The number of carboxylic acid groups (broad SMARTS) is 1. The molecule has 0 saturated heterocycles. The van der Waals surface area contributed by atoms with Crippen LogP contribution in [0.2, 0.25) is 0 Å². The van der Waals surface area contributed by atoms with Crippen LogP contribution < -0.4 is 15.4 Å². The molecule has 2 aromatic carbocycles. The zero-order chi connectivity index (χ0) is 37.2. The highest BCUT2D eigenvalue weighted by Gasteiger charge is 2.35. The predicted octanol–water partition coefficient (Wildman–Crippen LogP) is 8.48. The van der Waals surface area contributed by atoms with Gasteiger partial charge in [-0.3, -0.25) is 9.59 Å². The summed E-state index contributed by atoms with van der Waals surface area (Å²) in [6.45, 7) is 14.4. The lowest BCUT2D eigenvalue weighted by Gasteiger charge is -2.29. The van der Waals surface area contributed by atoms with Crippen LogP contribution >= 0.6 is 11.3 Å². The lowest BCUT2D eigenvalue weighted by Crippen LogP contribution is -2.56. The van der Waals surface area contributed by atoms with Crippen molar-refractivity contribution in [2.45, 2.75) is 104 Å². The standard InChI is InChI=1S/C41H52N4O5S/c1-8-9-10-11-12-23-50-31-19-17-28(18-20-31)30-25-42-36(43-26-30)29-15-13-27(14-16-29)24-32(37(46)45-35(39(48)49)41(5,6)7)44-38(47)33-21-22-34(51-33)40(2,3)4/h13-22,25-26,32,35H,8-12,23-24H2,1-7H3,(H,44,47)(H,45,46)(H,48,49)/t32-,35?/m0/s1. The topological polar surface area (TPSA) is 131 Å². The summed E-state index contributed by atoms with van der Waals surface area (Å²) in [6, 6.07) is 17.0. The molecule has 272 valence electrons. The number of aromatic nitrogens is 2. The minimum absolute atomic E-state index is 0.124. The molecule has 51 heavy (non-hydrogen) atoms. The zero-order valence-electron chi connectivity index (χ0n) is 30.9. The SMILES string of the molecule is CCCCCCCOc1ccc(-c2cnc(-c3ccc(C[C@H](NC(=O)c4ccc(C(C)(C)C)s4)C(=O)NC(C(=O)O)C(C)(C)C)cc3)nc2)cc1. The first kappa shape index (κ1) is 39.2. The largest absolute Gasteiger partial charge is 0.494 e. The molecular weight excluding hydrogens is 661 g/mol. The number of carbonyl (C=O) groups excluding carboxylic acids is 2. The number of hydrogen-bond donors (Lipinski definition) is 3. The third-order valence-electron chi connectivity index (χ3n) is 8.60. The molecule has 4 rings (SSSR count). The number of nitrogens with zero attached hydrogens (tertiary/aromatic N) is 2. The Kier molecular flexibility index (Phi) is 13.5. The minimum Gasteiger partial charge on any atom is -0.494 e. The fourth-order valence-corrected chi connectivity index (χ4v) is 6.45. The first-order valence-electron chi connectivity index (χ1n) is 17.7. The van der Waals surface area contributed by atoms with Crippen LogP contribution in [-0.4, -0.2) is 51.5 Å². The number of aliphatic carboxylic acids is 1. The Morgan fingerprint density at radius 2 is 1.41 bits per heavy atom. The van der Waals surface area contributed by atoms with Gasteiger partial charge in [-0.2, -0.15) is 0 Å². The van der Waals surface area contributed by atoms with Crippen LogP contribution in [0.3, 0.4) is 0 Å². The molecule has 9 nitrogen and oxygen atoms in total. The van der Waals surface area contributed by atoms with E-state index in [0.717, 1.165) is 45.9 Å². The highest BCUT2D eigenvalue weighted by atomic mass is 32.1. The third-order valence-corrected chi connectivity index (χ3v) is 10.1. The summed E-state index contributed by atoms with van der Waals surface area (Å²) in [5.41, 5.74) is 2.59. The Labute approximate surface area is 306 Å². The van der Waals surface area contributed by atoms with Gasteiger partial charge in [0.2, 0.25) is 5.91 Å². The number of amides is 2. The molecule has 0 radical (unpaired) electrons. The van der Waals surface area contributed by atoms with Crippen molar-refractivity contribution >= 4 is 29.1 Å². The van der Waals surface area contributed by atoms with Gasteiger partial charge in [-0.1, -0.05) is 111 Å². The fraction of sp³-hybridized carbons (Fsp3) is 0.439. The van der Waals surface area contributed by atoms with Crippen LogP contribution in [0.1, 0.15) is 101 Å². The molecule has 2 atom stereocenters. The van der Waals surface area contributed by atoms with Gasteiger partial charge < -0.3 is 20.5 Å². The van der Waals surface area contributed by atoms with Crippen molar-refractivity contribution in [1.29, 1.82) is 0 Å². The van der Waals surface area contributed by atoms with Crippen molar-refractivity contribution in [2.24, 2.45) is 5.41 Å². The molecule has 10 heteroatoms. The zero-order valence-corrected chi connectivity index (χ0v) is 31.7. The van der Waals surface area contributed by atoms with E-state index in [4.69, 9.17) is 4.74 Å². The second kappa shape index (κ2) is 17.6. The van der Waals surface area contributed by atoms with Crippen LogP contribution in [0.5, 0.6) is 5.75 Å². The van der Waals surface area contributed by atoms with E-state index < -0.39 is 29.4 Å². The van der Waals surface area contributed by atoms with Gasteiger partial charge in [0.05, 0.1) is 11.5 Å². The predicted molar refractivity (Wildman–Crippen MR) is 204 cm³/mol. The number of nitrogens with one attached hydrogen (secondary N) is 2. The molecule has 1 unspecified atom stereocenters. The summed E-state index contributed by atoms with van der Waals surface area (Å²) >= 11 is 1.38. The van der Waals surface area contributed by atoms with Crippen molar-refractivity contribution in [3.63, 3.8) is 0 Å². The van der Waals surface area contributed by atoms with Crippen LogP contribution in [0.25, 0.3) is 22.5 Å². The highest BCUT2D eigenvalue weighted by Crippen LogP contribution is 2.30. The number of benzene rings is 2. The smallest absolute Gasteiger partial charge is 0.326 e. The Bertz CT molecular complexity index is 1740. The maximum atomic E-state index is 13.6. The molecule has 4 aromatic rings.